The van der Waals surface area contributed by atoms with Crippen LogP contribution in [0.3, 0.4) is 0 Å². The fourth-order valence-corrected chi connectivity index (χ4v) is 4.74. The molecule has 162 valence electrons. The van der Waals surface area contributed by atoms with Gasteiger partial charge in [-0.25, -0.2) is 0 Å². The number of amides is 2. The molecule has 0 spiro atoms. The molecule has 0 aliphatic carbocycles. The molecule has 0 radical (unpaired) electrons. The number of fused-ring (bicyclic) bond motifs is 1. The molecule has 4 rings (SSSR count). The molecule has 3 aromatic carbocycles. The molecule has 1 aliphatic heterocycles. The van der Waals surface area contributed by atoms with Gasteiger partial charge in [-0.1, -0.05) is 65.7 Å². The Morgan fingerprint density at radius 3 is 2.47 bits per heavy atom. The number of carbonyl (C=O) groups is 3. The molecule has 0 bridgehead atoms. The quantitative estimate of drug-likeness (QED) is 0.439. The average Bonchev–Trinajstić information content (AvgIpc) is 3.00. The van der Waals surface area contributed by atoms with E-state index in [4.69, 9.17) is 33.0 Å². The van der Waals surface area contributed by atoms with E-state index in [1.807, 2.05) is 42.5 Å². The molecule has 0 unspecified atom stereocenters. The Labute approximate surface area is 197 Å². The highest BCUT2D eigenvalue weighted by Crippen LogP contribution is 2.38. The van der Waals surface area contributed by atoms with Crippen molar-refractivity contribution in [2.45, 2.75) is 6.61 Å². The Kier molecular flexibility index (Phi) is 6.41. The van der Waals surface area contributed by atoms with E-state index in [0.717, 1.165) is 16.3 Å². The second-order valence-electron chi connectivity index (χ2n) is 6.90. The van der Waals surface area contributed by atoms with E-state index in [-0.39, 0.29) is 21.6 Å². The van der Waals surface area contributed by atoms with Crippen LogP contribution in [0.4, 0.5) is 4.79 Å². The minimum Gasteiger partial charge on any atom is -0.486 e. The molecule has 0 saturated carbocycles. The van der Waals surface area contributed by atoms with Crippen molar-refractivity contribution in [2.75, 3.05) is 6.54 Å². The van der Waals surface area contributed by atoms with Crippen LogP contribution in [0, 0.1) is 0 Å². The van der Waals surface area contributed by atoms with Gasteiger partial charge in [0.05, 0.1) is 15.0 Å². The van der Waals surface area contributed by atoms with E-state index in [1.54, 1.807) is 12.1 Å². The Balaban J connectivity index is 1.55. The van der Waals surface area contributed by atoms with Gasteiger partial charge in [-0.2, -0.15) is 0 Å². The van der Waals surface area contributed by atoms with Gasteiger partial charge < -0.3 is 9.84 Å². The number of hydrogen-bond acceptors (Lipinski definition) is 5. The summed E-state index contributed by atoms with van der Waals surface area (Å²) in [6.45, 7) is -0.432. The highest BCUT2D eigenvalue weighted by Gasteiger charge is 2.36. The number of carboxylic acid groups (broad SMARTS) is 1. The van der Waals surface area contributed by atoms with Crippen molar-refractivity contribution in [1.29, 1.82) is 0 Å². The van der Waals surface area contributed by atoms with Gasteiger partial charge in [-0.15, -0.1) is 0 Å². The van der Waals surface area contributed by atoms with Crippen molar-refractivity contribution in [3.63, 3.8) is 0 Å². The zero-order valence-corrected chi connectivity index (χ0v) is 18.7. The van der Waals surface area contributed by atoms with Crippen molar-refractivity contribution in [3.8, 4) is 5.75 Å². The minimum absolute atomic E-state index is 0.0906. The summed E-state index contributed by atoms with van der Waals surface area (Å²) in [4.78, 5) is 35.8. The molecule has 32 heavy (non-hydrogen) atoms. The number of imide groups is 1. The maximum Gasteiger partial charge on any atom is 0.323 e. The normalized spacial score (nSPS) is 15.1. The lowest BCUT2D eigenvalue weighted by atomic mass is 10.1. The van der Waals surface area contributed by atoms with Crippen LogP contribution in [0.15, 0.2) is 59.5 Å². The van der Waals surface area contributed by atoms with Crippen molar-refractivity contribution < 1.29 is 24.2 Å². The van der Waals surface area contributed by atoms with Gasteiger partial charge in [0, 0.05) is 0 Å². The number of hydrogen-bond donors (Lipinski definition) is 1. The van der Waals surface area contributed by atoms with Crippen molar-refractivity contribution >= 4 is 68.9 Å². The lowest BCUT2D eigenvalue weighted by Crippen LogP contribution is -2.33. The second kappa shape index (κ2) is 9.24. The number of benzene rings is 3. The molecule has 1 saturated heterocycles. The zero-order chi connectivity index (χ0) is 22.8. The third kappa shape index (κ3) is 4.60. The predicted molar refractivity (Wildman–Crippen MR) is 125 cm³/mol. The zero-order valence-electron chi connectivity index (χ0n) is 16.4. The first kappa shape index (κ1) is 22.2. The largest absolute Gasteiger partial charge is 0.486 e. The summed E-state index contributed by atoms with van der Waals surface area (Å²) in [5, 5.41) is 10.9. The first-order valence-electron chi connectivity index (χ1n) is 9.39. The van der Waals surface area contributed by atoms with E-state index >= 15 is 0 Å². The smallest absolute Gasteiger partial charge is 0.323 e. The van der Waals surface area contributed by atoms with Gasteiger partial charge in [0.25, 0.3) is 11.1 Å². The number of halogens is 2. The number of carboxylic acids is 1. The molecule has 1 heterocycles. The minimum atomic E-state index is -1.27. The summed E-state index contributed by atoms with van der Waals surface area (Å²) in [7, 11) is 0. The average molecular weight is 488 g/mol. The highest BCUT2D eigenvalue weighted by molar-refractivity contribution is 8.18. The van der Waals surface area contributed by atoms with Crippen LogP contribution >= 0.6 is 35.0 Å². The topological polar surface area (TPSA) is 83.9 Å². The molecule has 1 aliphatic rings. The number of nitrogens with zero attached hydrogens (tertiary/aromatic N) is 1. The van der Waals surface area contributed by atoms with Gasteiger partial charge in [-0.3, -0.25) is 19.3 Å². The Morgan fingerprint density at radius 1 is 1.06 bits per heavy atom. The highest BCUT2D eigenvalue weighted by atomic mass is 35.5. The number of aliphatic carboxylic acids is 1. The summed E-state index contributed by atoms with van der Waals surface area (Å²) >= 11 is 13.4. The summed E-state index contributed by atoms with van der Waals surface area (Å²) < 4.78 is 5.90. The van der Waals surface area contributed by atoms with Gasteiger partial charge in [-0.05, 0) is 51.9 Å². The van der Waals surface area contributed by atoms with Crippen LogP contribution in [0.1, 0.15) is 11.1 Å². The van der Waals surface area contributed by atoms with E-state index in [0.29, 0.717) is 28.0 Å². The lowest BCUT2D eigenvalue weighted by molar-refractivity contribution is -0.140. The van der Waals surface area contributed by atoms with E-state index in [1.165, 1.54) is 6.08 Å². The van der Waals surface area contributed by atoms with E-state index in [2.05, 4.69) is 0 Å². The lowest BCUT2D eigenvalue weighted by Gasteiger charge is -2.13. The number of ether oxygens (including phenoxy) is 1. The third-order valence-corrected chi connectivity index (χ3v) is 6.21. The third-order valence-electron chi connectivity index (χ3n) is 4.74. The molecule has 1 N–H and O–H groups in total. The van der Waals surface area contributed by atoms with E-state index in [9.17, 15) is 14.4 Å². The standard InChI is InChI=1S/C23H15Cl2NO5S/c24-17-8-13(10-19-22(29)26(11-20(27)28)23(30)32-19)9-18(25)21(17)31-12-15-6-3-5-14-4-1-2-7-16(14)15/h1-10H,11-12H2,(H,27,28)/b19-10+. The molecule has 2 amide bonds. The fourth-order valence-electron chi connectivity index (χ4n) is 3.29. The van der Waals surface area contributed by atoms with Crippen molar-refractivity contribution in [1.82, 2.24) is 4.90 Å². The van der Waals surface area contributed by atoms with E-state index < -0.39 is 23.7 Å². The SMILES string of the molecule is O=C(O)CN1C(=O)S/C(=C/c2cc(Cl)c(OCc3cccc4ccccc34)c(Cl)c2)C1=O. The fraction of sp³-hybridized carbons (Fsp3) is 0.0870. The first-order valence-corrected chi connectivity index (χ1v) is 11.0. The first-order chi connectivity index (χ1) is 15.3. The van der Waals surface area contributed by atoms with Gasteiger partial charge in [0.2, 0.25) is 0 Å². The maximum atomic E-state index is 12.3. The van der Waals surface area contributed by atoms with Crippen LogP contribution in [-0.2, 0) is 16.2 Å². The number of thioether (sulfide) groups is 1. The molecule has 1 fully saturated rings. The molecule has 3 aromatic rings. The number of carbonyl (C=O) groups excluding carboxylic acids is 2. The van der Waals surface area contributed by atoms with Gasteiger partial charge in [0.1, 0.15) is 13.2 Å². The van der Waals surface area contributed by atoms with Gasteiger partial charge in [0.15, 0.2) is 5.75 Å². The van der Waals surface area contributed by atoms with Crippen LogP contribution < -0.4 is 4.74 Å². The molecule has 0 atom stereocenters. The molecule has 9 heteroatoms. The summed E-state index contributed by atoms with van der Waals surface area (Å²) in [6.07, 6.45) is 1.44. The summed E-state index contributed by atoms with van der Waals surface area (Å²) in [6, 6.07) is 17.0. The van der Waals surface area contributed by atoms with Crippen molar-refractivity contribution in [3.05, 3.63) is 80.7 Å². The van der Waals surface area contributed by atoms with Crippen LogP contribution in [0.2, 0.25) is 10.0 Å². The van der Waals surface area contributed by atoms with Gasteiger partial charge >= 0.3 is 5.97 Å². The number of rotatable bonds is 6. The molecular formula is C23H15Cl2NO5S. The Morgan fingerprint density at radius 2 is 1.75 bits per heavy atom. The molecular weight excluding hydrogens is 473 g/mol. The maximum absolute atomic E-state index is 12.3. The Hall–Kier alpha value is -3.00. The molecule has 0 aromatic heterocycles. The predicted octanol–water partition coefficient (Wildman–Crippen LogP) is 5.85. The van der Waals surface area contributed by atoms with Crippen molar-refractivity contribution in [2.24, 2.45) is 0 Å². The summed E-state index contributed by atoms with van der Waals surface area (Å²) in [5.74, 6) is -1.64. The monoisotopic (exact) mass is 487 g/mol. The summed E-state index contributed by atoms with van der Waals surface area (Å²) in [5.41, 5.74) is 1.46. The van der Waals surface area contributed by atoms with Crippen LogP contribution in [0.5, 0.6) is 5.75 Å². The second-order valence-corrected chi connectivity index (χ2v) is 8.71. The molecule has 6 nitrogen and oxygen atoms in total. The Bertz CT molecular complexity index is 1260. The van der Waals surface area contributed by atoms with Crippen LogP contribution in [-0.4, -0.2) is 33.7 Å². The van der Waals surface area contributed by atoms with Crippen LogP contribution in [0.25, 0.3) is 16.8 Å².